The molecular weight excluding hydrogens is 240 g/mol. The van der Waals surface area contributed by atoms with Crippen LogP contribution in [0.2, 0.25) is 0 Å². The van der Waals surface area contributed by atoms with Gasteiger partial charge in [0.1, 0.15) is 16.4 Å². The molecule has 0 saturated carbocycles. The first kappa shape index (κ1) is 13.8. The van der Waals surface area contributed by atoms with Gasteiger partial charge in [-0.05, 0) is 13.8 Å². The fraction of sp³-hybridized carbons (Fsp3) is 0.455. The number of nitrogens with zero attached hydrogens (tertiary/aromatic N) is 1. The summed E-state index contributed by atoms with van der Waals surface area (Å²) >= 11 is 0. The number of rotatable bonds is 4. The molecule has 0 amide bonds. The van der Waals surface area contributed by atoms with Crippen LogP contribution in [-0.2, 0) is 16.6 Å². The third-order valence-electron chi connectivity index (χ3n) is 2.51. The largest absolute Gasteiger partial charge is 0.465 e. The van der Waals surface area contributed by atoms with Gasteiger partial charge in [-0.15, -0.1) is 6.42 Å². The van der Waals surface area contributed by atoms with E-state index in [1.54, 1.807) is 13.8 Å². The molecule has 17 heavy (non-hydrogen) atoms. The van der Waals surface area contributed by atoms with Crippen LogP contribution in [-0.4, -0.2) is 26.3 Å². The Bertz CT molecular complexity index is 552. The quantitative estimate of drug-likeness (QED) is 0.801. The highest BCUT2D eigenvalue weighted by atomic mass is 32.2. The standard InChI is InChI=1S/C11H16N2O3S/c1-5-6-13(4)17(14,15)11-9(3)16-8(2)10(11)7-12/h1H,6-7,12H2,2-4H3. The Morgan fingerprint density at radius 2 is 2.00 bits per heavy atom. The second-order valence-corrected chi connectivity index (χ2v) is 5.67. The third kappa shape index (κ3) is 2.36. The second kappa shape index (κ2) is 4.92. The van der Waals surface area contributed by atoms with Crippen molar-refractivity contribution in [3.63, 3.8) is 0 Å². The molecule has 0 aliphatic carbocycles. The normalized spacial score (nSPS) is 11.8. The van der Waals surface area contributed by atoms with E-state index >= 15 is 0 Å². The van der Waals surface area contributed by atoms with Gasteiger partial charge >= 0.3 is 0 Å². The zero-order chi connectivity index (χ0) is 13.2. The Hall–Kier alpha value is -1.29. The molecule has 0 aliphatic rings. The van der Waals surface area contributed by atoms with E-state index in [9.17, 15) is 8.42 Å². The summed E-state index contributed by atoms with van der Waals surface area (Å²) in [5.41, 5.74) is 6.06. The number of hydrogen-bond acceptors (Lipinski definition) is 4. The summed E-state index contributed by atoms with van der Waals surface area (Å²) in [7, 11) is -2.21. The van der Waals surface area contributed by atoms with Gasteiger partial charge < -0.3 is 10.2 Å². The summed E-state index contributed by atoms with van der Waals surface area (Å²) in [6.07, 6.45) is 5.11. The topological polar surface area (TPSA) is 76.5 Å². The van der Waals surface area contributed by atoms with E-state index < -0.39 is 10.0 Å². The lowest BCUT2D eigenvalue weighted by Crippen LogP contribution is -2.28. The minimum atomic E-state index is -3.64. The van der Waals surface area contributed by atoms with E-state index in [2.05, 4.69) is 5.92 Å². The molecule has 0 spiro atoms. The highest BCUT2D eigenvalue weighted by molar-refractivity contribution is 7.89. The Labute approximate surface area is 102 Å². The van der Waals surface area contributed by atoms with Crippen LogP contribution < -0.4 is 5.73 Å². The first-order valence-electron chi connectivity index (χ1n) is 5.05. The summed E-state index contributed by atoms with van der Waals surface area (Å²) in [6.45, 7) is 3.41. The molecule has 0 aliphatic heterocycles. The van der Waals surface area contributed by atoms with Gasteiger partial charge in [0.05, 0.1) is 6.54 Å². The number of nitrogens with two attached hydrogens (primary N) is 1. The number of furan rings is 1. The smallest absolute Gasteiger partial charge is 0.247 e. The molecule has 1 heterocycles. The van der Waals surface area contributed by atoms with Crippen molar-refractivity contribution in [2.45, 2.75) is 25.3 Å². The fourth-order valence-corrected chi connectivity index (χ4v) is 3.15. The van der Waals surface area contributed by atoms with Crippen LogP contribution >= 0.6 is 0 Å². The van der Waals surface area contributed by atoms with Crippen LogP contribution in [0.25, 0.3) is 0 Å². The molecule has 0 saturated heterocycles. The number of aryl methyl sites for hydroxylation is 2. The molecule has 0 aromatic carbocycles. The zero-order valence-electron chi connectivity index (χ0n) is 10.1. The van der Waals surface area contributed by atoms with Crippen molar-refractivity contribution in [3.05, 3.63) is 17.1 Å². The third-order valence-corrected chi connectivity index (χ3v) is 4.51. The summed E-state index contributed by atoms with van der Waals surface area (Å²) < 4.78 is 30.9. The lowest BCUT2D eigenvalue weighted by atomic mass is 10.2. The first-order chi connectivity index (χ1) is 7.86. The number of hydrogen-bond donors (Lipinski definition) is 1. The lowest BCUT2D eigenvalue weighted by molar-refractivity contribution is 0.482. The van der Waals surface area contributed by atoms with Crippen LogP contribution in [0.15, 0.2) is 9.31 Å². The predicted octanol–water partition coefficient (Wildman–Crippen LogP) is 0.609. The van der Waals surface area contributed by atoms with Crippen LogP contribution in [0.4, 0.5) is 0 Å². The van der Waals surface area contributed by atoms with E-state index in [4.69, 9.17) is 16.6 Å². The number of terminal acetylenes is 1. The lowest BCUT2D eigenvalue weighted by Gasteiger charge is -2.14. The van der Waals surface area contributed by atoms with E-state index in [1.165, 1.54) is 7.05 Å². The molecule has 1 aromatic heterocycles. The molecule has 0 unspecified atom stereocenters. The van der Waals surface area contributed by atoms with Gasteiger partial charge in [0.2, 0.25) is 10.0 Å². The first-order valence-corrected chi connectivity index (χ1v) is 6.49. The minimum absolute atomic E-state index is 0.00993. The van der Waals surface area contributed by atoms with Gasteiger partial charge in [0.25, 0.3) is 0 Å². The molecule has 1 rings (SSSR count). The molecule has 0 fully saturated rings. The van der Waals surface area contributed by atoms with Crippen LogP contribution in [0.3, 0.4) is 0 Å². The molecular formula is C11H16N2O3S. The van der Waals surface area contributed by atoms with Crippen molar-refractivity contribution in [3.8, 4) is 12.3 Å². The molecule has 5 nitrogen and oxygen atoms in total. The van der Waals surface area contributed by atoms with Crippen molar-refractivity contribution in [1.82, 2.24) is 4.31 Å². The van der Waals surface area contributed by atoms with Crippen molar-refractivity contribution in [2.24, 2.45) is 5.73 Å². The van der Waals surface area contributed by atoms with Gasteiger partial charge in [-0.3, -0.25) is 0 Å². The Kier molecular flexibility index (Phi) is 3.98. The molecule has 94 valence electrons. The molecule has 0 bridgehead atoms. The average Bonchev–Trinajstić information content (AvgIpc) is 2.53. The van der Waals surface area contributed by atoms with Gasteiger partial charge in [-0.25, -0.2) is 8.42 Å². The fourth-order valence-electron chi connectivity index (χ4n) is 1.65. The SMILES string of the molecule is C#CCN(C)S(=O)(=O)c1c(C)oc(C)c1CN. The second-order valence-electron chi connectivity index (χ2n) is 3.69. The highest BCUT2D eigenvalue weighted by Crippen LogP contribution is 2.28. The summed E-state index contributed by atoms with van der Waals surface area (Å²) in [6, 6.07) is 0. The average molecular weight is 256 g/mol. The van der Waals surface area contributed by atoms with Crippen LogP contribution in [0.5, 0.6) is 0 Å². The van der Waals surface area contributed by atoms with Crippen molar-refractivity contribution >= 4 is 10.0 Å². The van der Waals surface area contributed by atoms with Crippen molar-refractivity contribution in [1.29, 1.82) is 0 Å². The number of sulfonamides is 1. The monoisotopic (exact) mass is 256 g/mol. The van der Waals surface area contributed by atoms with E-state index in [0.29, 0.717) is 17.1 Å². The van der Waals surface area contributed by atoms with Crippen LogP contribution in [0, 0.1) is 26.2 Å². The van der Waals surface area contributed by atoms with Crippen LogP contribution in [0.1, 0.15) is 17.1 Å². The molecule has 0 radical (unpaired) electrons. The van der Waals surface area contributed by atoms with Gasteiger partial charge in [0.15, 0.2) is 0 Å². The van der Waals surface area contributed by atoms with Gasteiger partial charge in [-0.1, -0.05) is 5.92 Å². The Morgan fingerprint density at radius 3 is 2.47 bits per heavy atom. The molecule has 2 N–H and O–H groups in total. The summed E-state index contributed by atoms with van der Waals surface area (Å²) in [5, 5.41) is 0. The van der Waals surface area contributed by atoms with Crippen molar-refractivity contribution in [2.75, 3.05) is 13.6 Å². The Morgan fingerprint density at radius 1 is 1.41 bits per heavy atom. The summed E-state index contributed by atoms with van der Waals surface area (Å²) in [5.74, 6) is 3.16. The minimum Gasteiger partial charge on any atom is -0.465 e. The predicted molar refractivity (Wildman–Crippen MR) is 64.7 cm³/mol. The summed E-state index contributed by atoms with van der Waals surface area (Å²) in [4.78, 5) is 0.134. The van der Waals surface area contributed by atoms with Gasteiger partial charge in [-0.2, -0.15) is 4.31 Å². The van der Waals surface area contributed by atoms with E-state index in [1.807, 2.05) is 0 Å². The van der Waals surface area contributed by atoms with E-state index in [-0.39, 0.29) is 18.0 Å². The molecule has 1 aromatic rings. The maximum absolute atomic E-state index is 12.3. The maximum atomic E-state index is 12.3. The zero-order valence-corrected chi connectivity index (χ0v) is 11.0. The highest BCUT2D eigenvalue weighted by Gasteiger charge is 2.29. The Balaban J connectivity index is 3.39. The van der Waals surface area contributed by atoms with Gasteiger partial charge in [0, 0.05) is 19.2 Å². The van der Waals surface area contributed by atoms with Crippen molar-refractivity contribution < 1.29 is 12.8 Å². The maximum Gasteiger partial charge on any atom is 0.247 e. The molecule has 0 atom stereocenters. The molecule has 6 heteroatoms. The van der Waals surface area contributed by atoms with E-state index in [0.717, 1.165) is 4.31 Å².